The highest BCUT2D eigenvalue weighted by molar-refractivity contribution is 7.89. The van der Waals surface area contributed by atoms with Gasteiger partial charge in [0.25, 0.3) is 5.91 Å². The van der Waals surface area contributed by atoms with Crippen LogP contribution < -0.4 is 10.6 Å². The monoisotopic (exact) mass is 489 g/mol. The molecule has 1 aliphatic rings. The molecule has 6 nitrogen and oxygen atoms in total. The molecule has 0 bridgehead atoms. The molecule has 1 aromatic heterocycles. The molecule has 1 aliphatic heterocycles. The van der Waals surface area contributed by atoms with E-state index in [0.29, 0.717) is 28.6 Å². The Kier molecular flexibility index (Phi) is 7.15. The van der Waals surface area contributed by atoms with Gasteiger partial charge in [-0.05, 0) is 60.7 Å². The van der Waals surface area contributed by atoms with Gasteiger partial charge in [-0.15, -0.1) is 11.3 Å². The third-order valence-corrected chi connectivity index (χ3v) is 8.72. The number of sulfonamides is 1. The summed E-state index contributed by atoms with van der Waals surface area (Å²) < 4.78 is 28.1. The predicted molar refractivity (Wildman–Crippen MR) is 129 cm³/mol. The van der Waals surface area contributed by atoms with Gasteiger partial charge in [0.05, 0.1) is 11.4 Å². The maximum Gasteiger partial charge on any atom is 0.251 e. The number of halogens is 1. The van der Waals surface area contributed by atoms with E-state index < -0.39 is 10.0 Å². The SMILES string of the molecule is O=C(NCc1sccc1S(=O)(=O)N1CCC(Nc2ccccc2)CC1)c1ccc(Cl)cc1. The highest BCUT2D eigenvalue weighted by Crippen LogP contribution is 2.28. The molecule has 0 spiro atoms. The number of rotatable bonds is 7. The minimum atomic E-state index is -3.62. The topological polar surface area (TPSA) is 78.5 Å². The molecule has 32 heavy (non-hydrogen) atoms. The number of nitrogens with zero attached hydrogens (tertiary/aromatic N) is 1. The quantitative estimate of drug-likeness (QED) is 0.508. The summed E-state index contributed by atoms with van der Waals surface area (Å²) in [6, 6.07) is 18.4. The van der Waals surface area contributed by atoms with E-state index in [-0.39, 0.29) is 23.4 Å². The molecule has 1 amide bonds. The van der Waals surface area contributed by atoms with E-state index in [9.17, 15) is 13.2 Å². The maximum absolute atomic E-state index is 13.3. The Balaban J connectivity index is 1.37. The Labute approximate surface area is 197 Å². The third kappa shape index (κ3) is 5.32. The molecule has 168 valence electrons. The van der Waals surface area contributed by atoms with Crippen molar-refractivity contribution in [2.75, 3.05) is 18.4 Å². The average molecular weight is 490 g/mol. The number of anilines is 1. The van der Waals surface area contributed by atoms with Crippen molar-refractivity contribution in [3.8, 4) is 0 Å². The first-order valence-corrected chi connectivity index (χ1v) is 13.0. The van der Waals surface area contributed by atoms with Crippen LogP contribution in [0.4, 0.5) is 5.69 Å². The largest absolute Gasteiger partial charge is 0.382 e. The van der Waals surface area contributed by atoms with Gasteiger partial charge >= 0.3 is 0 Å². The van der Waals surface area contributed by atoms with Crippen LogP contribution in [-0.2, 0) is 16.6 Å². The van der Waals surface area contributed by atoms with E-state index in [1.165, 1.54) is 11.3 Å². The third-order valence-electron chi connectivity index (χ3n) is 5.44. The predicted octanol–water partition coefficient (Wildman–Crippen LogP) is 4.60. The van der Waals surface area contributed by atoms with Crippen molar-refractivity contribution in [1.29, 1.82) is 0 Å². The van der Waals surface area contributed by atoms with Gasteiger partial charge in [0, 0.05) is 40.3 Å². The second-order valence-corrected chi connectivity index (χ2v) is 10.9. The maximum atomic E-state index is 13.3. The van der Waals surface area contributed by atoms with E-state index >= 15 is 0 Å². The van der Waals surface area contributed by atoms with Crippen LogP contribution in [0.3, 0.4) is 0 Å². The van der Waals surface area contributed by atoms with Crippen LogP contribution in [0.5, 0.6) is 0 Å². The molecule has 0 radical (unpaired) electrons. The van der Waals surface area contributed by atoms with Crippen LogP contribution >= 0.6 is 22.9 Å². The zero-order chi connectivity index (χ0) is 22.6. The molecule has 9 heteroatoms. The molecule has 1 saturated heterocycles. The number of carbonyl (C=O) groups excluding carboxylic acids is 1. The van der Waals surface area contributed by atoms with E-state index in [2.05, 4.69) is 10.6 Å². The van der Waals surface area contributed by atoms with Crippen LogP contribution in [0.1, 0.15) is 28.1 Å². The lowest BCUT2D eigenvalue weighted by Crippen LogP contribution is -2.42. The van der Waals surface area contributed by atoms with Crippen molar-refractivity contribution in [2.45, 2.75) is 30.3 Å². The van der Waals surface area contributed by atoms with Crippen molar-refractivity contribution in [3.63, 3.8) is 0 Å². The Morgan fingerprint density at radius 2 is 1.72 bits per heavy atom. The molecule has 2 aromatic carbocycles. The number of thiophene rings is 1. The number of benzene rings is 2. The Hall–Kier alpha value is -2.39. The van der Waals surface area contributed by atoms with Gasteiger partial charge in [-0.3, -0.25) is 4.79 Å². The van der Waals surface area contributed by atoms with Crippen molar-refractivity contribution < 1.29 is 13.2 Å². The number of piperidine rings is 1. The molecule has 2 heterocycles. The number of amides is 1. The number of carbonyl (C=O) groups is 1. The molecule has 0 unspecified atom stereocenters. The lowest BCUT2D eigenvalue weighted by atomic mass is 10.1. The summed E-state index contributed by atoms with van der Waals surface area (Å²) in [5, 5.41) is 8.58. The van der Waals surface area contributed by atoms with Gasteiger partial charge in [0.1, 0.15) is 0 Å². The summed E-state index contributed by atoms with van der Waals surface area (Å²) in [5.74, 6) is -0.272. The Bertz CT molecular complexity index is 1160. The standard InChI is InChI=1S/C23H24ClN3O3S2/c24-18-8-6-17(7-9-18)23(28)25-16-21-22(12-15-31-21)32(29,30)27-13-10-20(11-14-27)26-19-4-2-1-3-5-19/h1-9,12,15,20,26H,10-11,13-14,16H2,(H,25,28). The molecule has 4 rings (SSSR count). The van der Waals surface area contributed by atoms with Crippen LogP contribution in [0.25, 0.3) is 0 Å². The fraction of sp³-hybridized carbons (Fsp3) is 0.261. The minimum absolute atomic E-state index is 0.152. The zero-order valence-electron chi connectivity index (χ0n) is 17.3. The Morgan fingerprint density at radius 1 is 1.03 bits per heavy atom. The lowest BCUT2D eigenvalue weighted by molar-refractivity contribution is 0.0951. The molecule has 3 aromatic rings. The first-order chi connectivity index (χ1) is 15.4. The summed E-state index contributed by atoms with van der Waals surface area (Å²) in [6.07, 6.45) is 1.47. The second-order valence-electron chi connectivity index (χ2n) is 7.59. The van der Waals surface area contributed by atoms with Crippen LogP contribution in [-0.4, -0.2) is 37.8 Å². The van der Waals surface area contributed by atoms with E-state index in [1.807, 2.05) is 30.3 Å². The Morgan fingerprint density at radius 3 is 2.41 bits per heavy atom. The van der Waals surface area contributed by atoms with E-state index in [1.54, 1.807) is 40.0 Å². The summed E-state index contributed by atoms with van der Waals surface area (Å²) in [6.45, 7) is 1.07. The van der Waals surface area contributed by atoms with Gasteiger partial charge in [-0.25, -0.2) is 8.42 Å². The zero-order valence-corrected chi connectivity index (χ0v) is 19.7. The van der Waals surface area contributed by atoms with Crippen molar-refractivity contribution in [1.82, 2.24) is 9.62 Å². The minimum Gasteiger partial charge on any atom is -0.382 e. The van der Waals surface area contributed by atoms with Crippen LogP contribution in [0, 0.1) is 0 Å². The van der Waals surface area contributed by atoms with Gasteiger partial charge in [0.15, 0.2) is 0 Å². The first-order valence-electron chi connectivity index (χ1n) is 10.4. The molecular weight excluding hydrogens is 466 g/mol. The lowest BCUT2D eigenvalue weighted by Gasteiger charge is -2.32. The summed E-state index contributed by atoms with van der Waals surface area (Å²) in [7, 11) is -3.62. The highest BCUT2D eigenvalue weighted by atomic mass is 35.5. The summed E-state index contributed by atoms with van der Waals surface area (Å²) in [5.41, 5.74) is 1.52. The average Bonchev–Trinajstić information content (AvgIpc) is 3.29. The summed E-state index contributed by atoms with van der Waals surface area (Å²) in [4.78, 5) is 13.3. The van der Waals surface area contributed by atoms with Gasteiger partial charge < -0.3 is 10.6 Å². The van der Waals surface area contributed by atoms with E-state index in [0.717, 1.165) is 18.5 Å². The number of hydrogen-bond acceptors (Lipinski definition) is 5. The normalized spacial score (nSPS) is 15.4. The van der Waals surface area contributed by atoms with Gasteiger partial charge in [-0.1, -0.05) is 29.8 Å². The first kappa shape index (κ1) is 22.8. The molecule has 0 saturated carbocycles. The van der Waals surface area contributed by atoms with E-state index in [4.69, 9.17) is 11.6 Å². The van der Waals surface area contributed by atoms with Crippen LogP contribution in [0.15, 0.2) is 70.9 Å². The molecule has 2 N–H and O–H groups in total. The molecular formula is C23H24ClN3O3S2. The second kappa shape index (κ2) is 10.0. The van der Waals surface area contributed by atoms with Crippen molar-refractivity contribution in [3.05, 3.63) is 81.5 Å². The van der Waals surface area contributed by atoms with Gasteiger partial charge in [0.2, 0.25) is 10.0 Å². The number of para-hydroxylation sites is 1. The highest BCUT2D eigenvalue weighted by Gasteiger charge is 2.31. The smallest absolute Gasteiger partial charge is 0.251 e. The molecule has 1 fully saturated rings. The molecule has 0 aliphatic carbocycles. The fourth-order valence-corrected chi connectivity index (χ4v) is 6.65. The number of hydrogen-bond donors (Lipinski definition) is 2. The number of nitrogens with one attached hydrogen (secondary N) is 2. The fourth-order valence-electron chi connectivity index (χ4n) is 3.70. The van der Waals surface area contributed by atoms with Crippen molar-refractivity contribution in [2.24, 2.45) is 0 Å². The van der Waals surface area contributed by atoms with Gasteiger partial charge in [-0.2, -0.15) is 4.31 Å². The van der Waals surface area contributed by atoms with Crippen molar-refractivity contribution >= 4 is 44.6 Å². The molecule has 0 atom stereocenters. The summed E-state index contributed by atoms with van der Waals surface area (Å²) >= 11 is 7.19. The van der Waals surface area contributed by atoms with Crippen LogP contribution in [0.2, 0.25) is 5.02 Å².